The van der Waals surface area contributed by atoms with Crippen molar-refractivity contribution in [3.8, 4) is 0 Å². The Bertz CT molecular complexity index is 1020. The molecule has 1 aliphatic heterocycles. The van der Waals surface area contributed by atoms with Gasteiger partial charge >= 0.3 is 0 Å². The Hall–Kier alpha value is -2.20. The summed E-state index contributed by atoms with van der Waals surface area (Å²) in [5, 5.41) is 10.8. The van der Waals surface area contributed by atoms with Crippen LogP contribution in [0.25, 0.3) is 0 Å². The maximum absolute atomic E-state index is 12.4. The van der Waals surface area contributed by atoms with Crippen molar-refractivity contribution in [2.75, 3.05) is 21.5 Å². The molecule has 1 atom stereocenters. The summed E-state index contributed by atoms with van der Waals surface area (Å²) >= 11 is 0. The van der Waals surface area contributed by atoms with Crippen LogP contribution in [0.2, 0.25) is 0 Å². The zero-order chi connectivity index (χ0) is 18.9. The van der Waals surface area contributed by atoms with Gasteiger partial charge in [0.25, 0.3) is 10.0 Å². The zero-order valence-corrected chi connectivity index (χ0v) is 16.1. The minimum absolute atomic E-state index is 0.0653. The van der Waals surface area contributed by atoms with E-state index in [1.807, 2.05) is 13.8 Å². The number of benzene rings is 1. The van der Waals surface area contributed by atoms with Gasteiger partial charge in [0.1, 0.15) is 5.82 Å². The summed E-state index contributed by atoms with van der Waals surface area (Å²) < 4.78 is 50.2. The fourth-order valence-electron chi connectivity index (χ4n) is 2.66. The average Bonchev–Trinajstić information content (AvgIpc) is 2.90. The molecular weight excluding hydrogens is 376 g/mol. The molecule has 1 unspecified atom stereocenters. The third-order valence-electron chi connectivity index (χ3n) is 4.28. The lowest BCUT2D eigenvalue weighted by molar-refractivity contribution is 0.599. The van der Waals surface area contributed by atoms with Crippen LogP contribution in [-0.2, 0) is 19.9 Å². The Balaban J connectivity index is 1.69. The molecule has 2 aromatic rings. The van der Waals surface area contributed by atoms with Crippen molar-refractivity contribution in [1.29, 1.82) is 0 Å². The fraction of sp³-hybridized carbons (Fsp3) is 0.375. The van der Waals surface area contributed by atoms with Crippen LogP contribution in [0.1, 0.15) is 17.5 Å². The van der Waals surface area contributed by atoms with E-state index in [0.717, 1.165) is 11.1 Å². The van der Waals surface area contributed by atoms with Gasteiger partial charge in [-0.2, -0.15) is 0 Å². The Labute approximate surface area is 153 Å². The molecule has 140 valence electrons. The van der Waals surface area contributed by atoms with Crippen LogP contribution in [0.3, 0.4) is 0 Å². The molecule has 0 amide bonds. The highest BCUT2D eigenvalue weighted by Gasteiger charge is 2.28. The topological polar surface area (TPSA) is 118 Å². The molecule has 0 saturated carbocycles. The third kappa shape index (κ3) is 4.31. The average molecular weight is 396 g/mol. The van der Waals surface area contributed by atoms with Crippen LogP contribution >= 0.6 is 0 Å². The number of aromatic nitrogens is 2. The molecule has 0 radical (unpaired) electrons. The molecular formula is C16H20N4O4S2. The number of sulfone groups is 1. The molecule has 1 aromatic carbocycles. The zero-order valence-electron chi connectivity index (χ0n) is 14.4. The van der Waals surface area contributed by atoms with Crippen LogP contribution in [0, 0.1) is 13.8 Å². The summed E-state index contributed by atoms with van der Waals surface area (Å²) in [6, 6.07) is 7.73. The number of nitrogens with zero attached hydrogens (tertiary/aromatic N) is 2. The first-order chi connectivity index (χ1) is 12.1. The molecule has 1 aliphatic rings. The van der Waals surface area contributed by atoms with Crippen LogP contribution in [0.15, 0.2) is 35.2 Å². The number of rotatable bonds is 5. The minimum Gasteiger partial charge on any atom is -0.365 e. The number of nitrogens with one attached hydrogen (secondary N) is 2. The Morgan fingerprint density at radius 2 is 1.73 bits per heavy atom. The van der Waals surface area contributed by atoms with Crippen molar-refractivity contribution < 1.29 is 16.8 Å². The Kier molecular flexibility index (Phi) is 4.89. The number of hydrogen-bond donors (Lipinski definition) is 2. The number of aryl methyl sites for hydroxylation is 2. The molecule has 8 nitrogen and oxygen atoms in total. The highest BCUT2D eigenvalue weighted by Crippen LogP contribution is 2.19. The van der Waals surface area contributed by atoms with Gasteiger partial charge in [0, 0.05) is 6.04 Å². The summed E-state index contributed by atoms with van der Waals surface area (Å²) in [7, 11) is -6.74. The summed E-state index contributed by atoms with van der Waals surface area (Å²) in [6.07, 6.45) is 0.519. The number of sulfonamides is 1. The molecule has 2 heterocycles. The van der Waals surface area contributed by atoms with Crippen molar-refractivity contribution in [3.63, 3.8) is 0 Å². The first-order valence-electron chi connectivity index (χ1n) is 8.05. The predicted octanol–water partition coefficient (Wildman–Crippen LogP) is 1.49. The van der Waals surface area contributed by atoms with Gasteiger partial charge in [-0.25, -0.2) is 16.8 Å². The van der Waals surface area contributed by atoms with E-state index in [2.05, 4.69) is 20.2 Å². The van der Waals surface area contributed by atoms with E-state index in [0.29, 0.717) is 12.2 Å². The van der Waals surface area contributed by atoms with E-state index in [4.69, 9.17) is 0 Å². The fourth-order valence-corrected chi connectivity index (χ4v) is 5.41. The second-order valence-corrected chi connectivity index (χ2v) is 10.3. The van der Waals surface area contributed by atoms with Gasteiger partial charge in [-0.1, -0.05) is 6.07 Å². The Morgan fingerprint density at radius 3 is 2.31 bits per heavy atom. The van der Waals surface area contributed by atoms with Crippen molar-refractivity contribution in [3.05, 3.63) is 41.5 Å². The molecule has 2 N–H and O–H groups in total. The van der Waals surface area contributed by atoms with E-state index in [1.54, 1.807) is 18.2 Å². The number of anilines is 2. The molecule has 0 bridgehead atoms. The van der Waals surface area contributed by atoms with E-state index in [1.165, 1.54) is 12.1 Å². The lowest BCUT2D eigenvalue weighted by Crippen LogP contribution is -2.21. The van der Waals surface area contributed by atoms with Crippen LogP contribution < -0.4 is 10.0 Å². The van der Waals surface area contributed by atoms with E-state index >= 15 is 0 Å². The van der Waals surface area contributed by atoms with Gasteiger partial charge in [-0.05, 0) is 55.7 Å². The number of hydrogen-bond acceptors (Lipinski definition) is 7. The highest BCUT2D eigenvalue weighted by molar-refractivity contribution is 7.92. The maximum atomic E-state index is 12.4. The summed E-state index contributed by atoms with van der Waals surface area (Å²) in [5.74, 6) is 0.718. The van der Waals surface area contributed by atoms with E-state index in [-0.39, 0.29) is 28.3 Å². The first kappa shape index (κ1) is 18.6. The SMILES string of the molecule is Cc1ccc(S(=O)(=O)Nc2ccc(NC3CCS(=O)(=O)C3)nn2)cc1C. The molecule has 10 heteroatoms. The highest BCUT2D eigenvalue weighted by atomic mass is 32.2. The molecule has 0 aliphatic carbocycles. The lowest BCUT2D eigenvalue weighted by atomic mass is 10.1. The molecule has 26 heavy (non-hydrogen) atoms. The first-order valence-corrected chi connectivity index (χ1v) is 11.4. The van der Waals surface area contributed by atoms with Gasteiger partial charge < -0.3 is 5.32 Å². The van der Waals surface area contributed by atoms with Crippen LogP contribution in [0.4, 0.5) is 11.6 Å². The molecule has 3 rings (SSSR count). The molecule has 1 aromatic heterocycles. The second-order valence-electron chi connectivity index (χ2n) is 6.40. The quantitative estimate of drug-likeness (QED) is 0.786. The summed E-state index contributed by atoms with van der Waals surface area (Å²) in [6.45, 7) is 3.75. The predicted molar refractivity (Wildman–Crippen MR) is 99.4 cm³/mol. The van der Waals surface area contributed by atoms with E-state index < -0.39 is 19.9 Å². The van der Waals surface area contributed by atoms with Crippen molar-refractivity contribution >= 4 is 31.5 Å². The summed E-state index contributed by atoms with van der Waals surface area (Å²) in [4.78, 5) is 0.153. The van der Waals surface area contributed by atoms with Crippen LogP contribution in [0.5, 0.6) is 0 Å². The van der Waals surface area contributed by atoms with Crippen LogP contribution in [-0.4, -0.2) is 44.6 Å². The van der Waals surface area contributed by atoms with Gasteiger partial charge in [-0.15, -0.1) is 10.2 Å². The standard InChI is InChI=1S/C16H20N4O4S2/c1-11-3-4-14(9-12(11)2)26(23,24)20-16-6-5-15(18-19-16)17-13-7-8-25(21,22)10-13/h3-6,9,13H,7-8,10H2,1-2H3,(H,17,18)(H,19,20). The van der Waals surface area contributed by atoms with E-state index in [9.17, 15) is 16.8 Å². The van der Waals surface area contributed by atoms with Crippen molar-refractivity contribution in [2.24, 2.45) is 0 Å². The second kappa shape index (κ2) is 6.84. The molecule has 1 fully saturated rings. The summed E-state index contributed by atoms with van der Waals surface area (Å²) in [5.41, 5.74) is 1.89. The monoisotopic (exact) mass is 396 g/mol. The van der Waals surface area contributed by atoms with Gasteiger partial charge in [0.05, 0.1) is 16.4 Å². The van der Waals surface area contributed by atoms with Gasteiger partial charge in [0.2, 0.25) is 0 Å². The van der Waals surface area contributed by atoms with Gasteiger partial charge in [0.15, 0.2) is 15.7 Å². The smallest absolute Gasteiger partial charge is 0.263 e. The minimum atomic E-state index is -3.76. The van der Waals surface area contributed by atoms with Crippen molar-refractivity contribution in [2.45, 2.75) is 31.2 Å². The molecule has 0 spiro atoms. The third-order valence-corrected chi connectivity index (χ3v) is 7.40. The largest absolute Gasteiger partial charge is 0.365 e. The lowest BCUT2D eigenvalue weighted by Gasteiger charge is -2.12. The normalized spacial score (nSPS) is 19.2. The Morgan fingerprint density at radius 1 is 1.04 bits per heavy atom. The maximum Gasteiger partial charge on any atom is 0.263 e. The molecule has 1 saturated heterocycles. The van der Waals surface area contributed by atoms with Crippen molar-refractivity contribution in [1.82, 2.24) is 10.2 Å². The van der Waals surface area contributed by atoms with Gasteiger partial charge in [-0.3, -0.25) is 4.72 Å².